The number of rotatable bonds is 6. The van der Waals surface area contributed by atoms with E-state index in [1.54, 1.807) is 0 Å². The van der Waals surface area contributed by atoms with Gasteiger partial charge in [0, 0.05) is 17.4 Å². The molecule has 37 heavy (non-hydrogen) atoms. The molecule has 2 bridgehead atoms. The lowest BCUT2D eigenvalue weighted by Gasteiger charge is -2.47. The lowest BCUT2D eigenvalue weighted by atomic mass is 9.81. The van der Waals surface area contributed by atoms with Gasteiger partial charge in [0.15, 0.2) is 5.78 Å². The van der Waals surface area contributed by atoms with Crippen molar-refractivity contribution >= 4 is 11.9 Å². The summed E-state index contributed by atoms with van der Waals surface area (Å²) in [5.41, 5.74) is 5.48. The average molecular weight is 498 g/mol. The second kappa shape index (κ2) is 10.0. The molecule has 2 heterocycles. The van der Waals surface area contributed by atoms with Crippen molar-refractivity contribution < 1.29 is 23.8 Å². The van der Waals surface area contributed by atoms with E-state index in [0.717, 1.165) is 5.75 Å². The van der Waals surface area contributed by atoms with Crippen molar-refractivity contribution in [2.75, 3.05) is 26.4 Å². The Morgan fingerprint density at radius 3 is 2.05 bits per heavy atom. The van der Waals surface area contributed by atoms with Gasteiger partial charge in [-0.1, -0.05) is 48.5 Å². The predicted molar refractivity (Wildman–Crippen MR) is 140 cm³/mol. The largest absolute Gasteiger partial charge is 0.494 e. The summed E-state index contributed by atoms with van der Waals surface area (Å²) in [5, 5.41) is 0. The third-order valence-electron chi connectivity index (χ3n) is 7.89. The number of benzene rings is 3. The van der Waals surface area contributed by atoms with Crippen LogP contribution in [0.3, 0.4) is 0 Å². The molecular formula is C31H31NO5. The molecule has 3 aliphatic rings. The number of hydrogen-bond donors (Lipinski definition) is 0. The molecule has 1 aliphatic carbocycles. The number of ether oxygens (including phenoxy) is 3. The van der Waals surface area contributed by atoms with Crippen LogP contribution in [-0.2, 0) is 9.47 Å². The Morgan fingerprint density at radius 2 is 1.46 bits per heavy atom. The summed E-state index contributed by atoms with van der Waals surface area (Å²) in [7, 11) is 0. The number of piperidine rings is 1. The van der Waals surface area contributed by atoms with Crippen molar-refractivity contribution in [3.05, 3.63) is 89.5 Å². The standard InChI is InChI=1S/C31H31NO5/c1-2-36-24-13-11-20(12-14-24)30(33)21-15-22-17-35-18-23(16-21)32(22)31(34)37-19-29-27-9-5-3-7-25(27)26-8-4-6-10-28(26)29/h3-14,21-23,29H,2,15-19H2,1H3. The number of nitrogens with zero attached hydrogens (tertiary/aromatic N) is 1. The zero-order chi connectivity index (χ0) is 25.4. The van der Waals surface area contributed by atoms with Gasteiger partial charge in [0.05, 0.1) is 31.9 Å². The number of Topliss-reactive ketones (excluding diaryl/α,β-unsaturated/α-hetero) is 1. The average Bonchev–Trinajstić information content (AvgIpc) is 3.25. The van der Waals surface area contributed by atoms with Crippen LogP contribution in [0.25, 0.3) is 11.1 Å². The summed E-state index contributed by atoms with van der Waals surface area (Å²) in [5.74, 6) is 0.752. The minimum atomic E-state index is -0.313. The van der Waals surface area contributed by atoms with Crippen LogP contribution in [0.15, 0.2) is 72.8 Å². The molecule has 6 heteroatoms. The van der Waals surface area contributed by atoms with Crippen LogP contribution in [0.5, 0.6) is 5.75 Å². The van der Waals surface area contributed by atoms with Crippen LogP contribution in [0.1, 0.15) is 47.2 Å². The first-order chi connectivity index (χ1) is 18.1. The van der Waals surface area contributed by atoms with Gasteiger partial charge in [0.25, 0.3) is 0 Å². The fourth-order valence-corrected chi connectivity index (χ4v) is 6.21. The molecule has 3 aromatic rings. The van der Waals surface area contributed by atoms with Gasteiger partial charge in [-0.2, -0.15) is 0 Å². The highest BCUT2D eigenvalue weighted by atomic mass is 16.6. The van der Waals surface area contributed by atoms with Gasteiger partial charge in [0.1, 0.15) is 12.4 Å². The molecule has 0 radical (unpaired) electrons. The van der Waals surface area contributed by atoms with Crippen LogP contribution in [0, 0.1) is 5.92 Å². The minimum absolute atomic E-state index is 0.0196. The Morgan fingerprint density at radius 1 is 0.865 bits per heavy atom. The van der Waals surface area contributed by atoms with Crippen molar-refractivity contribution in [2.24, 2.45) is 5.92 Å². The van der Waals surface area contributed by atoms with Crippen LogP contribution < -0.4 is 4.74 Å². The lowest BCUT2D eigenvalue weighted by Crippen LogP contribution is -2.60. The highest BCUT2D eigenvalue weighted by Crippen LogP contribution is 2.44. The molecule has 3 aromatic carbocycles. The molecule has 2 aliphatic heterocycles. The molecule has 0 saturated carbocycles. The van der Waals surface area contributed by atoms with Gasteiger partial charge in [-0.15, -0.1) is 0 Å². The number of hydrogen-bond acceptors (Lipinski definition) is 5. The Hall–Kier alpha value is -3.64. The number of carbonyl (C=O) groups excluding carboxylic acids is 2. The fraction of sp³-hybridized carbons (Fsp3) is 0.355. The highest BCUT2D eigenvalue weighted by molar-refractivity contribution is 5.98. The van der Waals surface area contributed by atoms with Crippen molar-refractivity contribution in [3.63, 3.8) is 0 Å². The first-order valence-corrected chi connectivity index (χ1v) is 13.1. The minimum Gasteiger partial charge on any atom is -0.494 e. The molecule has 6 nitrogen and oxygen atoms in total. The van der Waals surface area contributed by atoms with E-state index in [4.69, 9.17) is 14.2 Å². The molecule has 190 valence electrons. The number of morpholine rings is 1. The maximum absolute atomic E-state index is 13.4. The van der Waals surface area contributed by atoms with Gasteiger partial charge in [-0.3, -0.25) is 9.69 Å². The summed E-state index contributed by atoms with van der Waals surface area (Å²) in [6.07, 6.45) is 0.839. The molecule has 2 fully saturated rings. The van der Waals surface area contributed by atoms with E-state index in [9.17, 15) is 9.59 Å². The normalized spacial score (nSPS) is 22.2. The molecule has 2 atom stereocenters. The van der Waals surface area contributed by atoms with Crippen molar-refractivity contribution in [2.45, 2.75) is 37.8 Å². The van der Waals surface area contributed by atoms with E-state index in [1.807, 2.05) is 60.4 Å². The van der Waals surface area contributed by atoms with Gasteiger partial charge in [0.2, 0.25) is 0 Å². The molecule has 0 N–H and O–H groups in total. The van der Waals surface area contributed by atoms with Crippen LogP contribution >= 0.6 is 0 Å². The summed E-state index contributed by atoms with van der Waals surface area (Å²) in [6.45, 7) is 3.66. The molecule has 6 rings (SSSR count). The van der Waals surface area contributed by atoms with Crippen molar-refractivity contribution in [1.82, 2.24) is 4.90 Å². The summed E-state index contributed by atoms with van der Waals surface area (Å²) >= 11 is 0. The molecule has 2 unspecified atom stereocenters. The van der Waals surface area contributed by atoms with E-state index < -0.39 is 0 Å². The lowest BCUT2D eigenvalue weighted by molar-refractivity contribution is -0.0747. The number of fused-ring (bicyclic) bond motifs is 5. The maximum atomic E-state index is 13.4. The van der Waals surface area contributed by atoms with Gasteiger partial charge in [-0.05, 0) is 66.3 Å². The third-order valence-corrected chi connectivity index (χ3v) is 7.89. The number of carbonyl (C=O) groups is 2. The Labute approximate surface area is 217 Å². The fourth-order valence-electron chi connectivity index (χ4n) is 6.21. The molecule has 0 spiro atoms. The second-order valence-electron chi connectivity index (χ2n) is 10.0. The van der Waals surface area contributed by atoms with Crippen LogP contribution in [0.4, 0.5) is 4.79 Å². The van der Waals surface area contributed by atoms with Gasteiger partial charge in [-0.25, -0.2) is 4.79 Å². The van der Waals surface area contributed by atoms with Gasteiger partial charge >= 0.3 is 6.09 Å². The smallest absolute Gasteiger partial charge is 0.410 e. The second-order valence-corrected chi connectivity index (χ2v) is 10.0. The Kier molecular flexibility index (Phi) is 6.43. The maximum Gasteiger partial charge on any atom is 0.410 e. The summed E-state index contributed by atoms with van der Waals surface area (Å²) in [4.78, 5) is 28.5. The zero-order valence-electron chi connectivity index (χ0n) is 21.0. The first-order valence-electron chi connectivity index (χ1n) is 13.1. The van der Waals surface area contributed by atoms with Crippen molar-refractivity contribution in [3.8, 4) is 16.9 Å². The van der Waals surface area contributed by atoms with E-state index in [1.165, 1.54) is 22.3 Å². The highest BCUT2D eigenvalue weighted by Gasteiger charge is 2.45. The van der Waals surface area contributed by atoms with Gasteiger partial charge < -0.3 is 14.2 Å². The third kappa shape index (κ3) is 4.40. The first kappa shape index (κ1) is 23.7. The number of ketones is 1. The molecule has 2 saturated heterocycles. The Bertz CT molecular complexity index is 1240. The monoisotopic (exact) mass is 497 g/mol. The van der Waals surface area contributed by atoms with E-state index in [-0.39, 0.29) is 42.4 Å². The zero-order valence-corrected chi connectivity index (χ0v) is 21.0. The SMILES string of the molecule is CCOc1ccc(C(=O)C2CC3COCC(C2)N3C(=O)OCC2c3ccccc3-c3ccccc32)cc1. The molecule has 0 aromatic heterocycles. The van der Waals surface area contributed by atoms with E-state index in [2.05, 4.69) is 24.3 Å². The Balaban J connectivity index is 1.14. The summed E-state index contributed by atoms with van der Waals surface area (Å²) in [6, 6.07) is 23.7. The van der Waals surface area contributed by atoms with Crippen LogP contribution in [0.2, 0.25) is 0 Å². The van der Waals surface area contributed by atoms with Crippen LogP contribution in [-0.4, -0.2) is 55.3 Å². The van der Waals surface area contributed by atoms with E-state index in [0.29, 0.717) is 38.2 Å². The topological polar surface area (TPSA) is 65.1 Å². The quantitative estimate of drug-likeness (QED) is 0.409. The predicted octanol–water partition coefficient (Wildman–Crippen LogP) is 5.70. The molecular weight excluding hydrogens is 466 g/mol. The van der Waals surface area contributed by atoms with Crippen molar-refractivity contribution in [1.29, 1.82) is 0 Å². The van der Waals surface area contributed by atoms with E-state index >= 15 is 0 Å². The summed E-state index contributed by atoms with van der Waals surface area (Å²) < 4.78 is 17.3. The molecule has 1 amide bonds. The number of amides is 1.